The highest BCUT2D eigenvalue weighted by Crippen LogP contribution is 2.13. The van der Waals surface area contributed by atoms with Crippen LogP contribution in [0.25, 0.3) is 0 Å². The lowest BCUT2D eigenvalue weighted by Crippen LogP contribution is -2.24. The Morgan fingerprint density at radius 2 is 2.07 bits per heavy atom. The first-order valence-electron chi connectivity index (χ1n) is 5.00. The van der Waals surface area contributed by atoms with Crippen LogP contribution in [0.2, 0.25) is 0 Å². The number of nitrogens with zero attached hydrogens (tertiary/aromatic N) is 2. The smallest absolute Gasteiger partial charge is 0.243 e. The van der Waals surface area contributed by atoms with Gasteiger partial charge in [0.1, 0.15) is 25.0 Å². The highest BCUT2D eigenvalue weighted by molar-refractivity contribution is 5.17. The van der Waals surface area contributed by atoms with E-state index in [4.69, 9.17) is 0 Å². The fourth-order valence-corrected chi connectivity index (χ4v) is 1.59. The summed E-state index contributed by atoms with van der Waals surface area (Å²) in [7, 11) is 1.96. The number of aryl methyl sites for hydroxylation is 1. The zero-order chi connectivity index (χ0) is 10.7. The number of aliphatic hydroxyl groups excluding tert-OH is 1. The quantitative estimate of drug-likeness (QED) is 0.742. The van der Waals surface area contributed by atoms with E-state index in [0.717, 1.165) is 5.56 Å². The second-order valence-electron chi connectivity index (χ2n) is 3.70. The maximum absolute atomic E-state index is 9.95. The first kappa shape index (κ1) is 9.93. The molecule has 0 fully saturated rings. The van der Waals surface area contributed by atoms with Gasteiger partial charge in [-0.25, -0.2) is 9.13 Å². The highest BCUT2D eigenvalue weighted by Gasteiger charge is 2.10. The van der Waals surface area contributed by atoms with Gasteiger partial charge in [0.15, 0.2) is 0 Å². The molecule has 0 aliphatic heterocycles. The molecule has 1 unspecified atom stereocenters. The van der Waals surface area contributed by atoms with E-state index >= 15 is 0 Å². The normalized spacial score (nSPS) is 12.7. The van der Waals surface area contributed by atoms with Crippen molar-refractivity contribution in [2.75, 3.05) is 0 Å². The van der Waals surface area contributed by atoms with Crippen LogP contribution in [0.15, 0.2) is 49.1 Å². The van der Waals surface area contributed by atoms with E-state index in [1.807, 2.05) is 65.2 Å². The van der Waals surface area contributed by atoms with E-state index in [9.17, 15) is 5.11 Å². The van der Waals surface area contributed by atoms with Gasteiger partial charge in [-0.2, -0.15) is 0 Å². The molecule has 0 saturated carbocycles. The number of aliphatic hydroxyl groups is 1. The third-order valence-corrected chi connectivity index (χ3v) is 2.39. The van der Waals surface area contributed by atoms with Crippen LogP contribution in [0.3, 0.4) is 0 Å². The molecule has 2 rings (SSSR count). The molecule has 1 aromatic heterocycles. The average Bonchev–Trinajstić information content (AvgIpc) is 2.65. The molecule has 0 saturated heterocycles. The zero-order valence-corrected chi connectivity index (χ0v) is 8.74. The first-order valence-corrected chi connectivity index (χ1v) is 5.00. The summed E-state index contributed by atoms with van der Waals surface area (Å²) in [6.07, 6.45) is 5.41. The van der Waals surface area contributed by atoms with Gasteiger partial charge in [0.2, 0.25) is 6.33 Å². The van der Waals surface area contributed by atoms with Gasteiger partial charge in [-0.05, 0) is 5.56 Å². The number of benzene rings is 1. The van der Waals surface area contributed by atoms with Gasteiger partial charge in [0.25, 0.3) is 0 Å². The lowest BCUT2D eigenvalue weighted by atomic mass is 10.1. The molecule has 1 N–H and O–H groups in total. The summed E-state index contributed by atoms with van der Waals surface area (Å²) in [6.45, 7) is 0.588. The van der Waals surface area contributed by atoms with Gasteiger partial charge in [-0.15, -0.1) is 0 Å². The molecule has 15 heavy (non-hydrogen) atoms. The van der Waals surface area contributed by atoms with Crippen LogP contribution in [0.1, 0.15) is 11.7 Å². The molecular formula is C12H15N2O+. The van der Waals surface area contributed by atoms with Crippen LogP contribution in [-0.2, 0) is 13.6 Å². The SMILES string of the molecule is C[n+]1ccn(CC(O)c2ccccc2)c1. The minimum atomic E-state index is -0.446. The molecule has 0 aliphatic carbocycles. The Hall–Kier alpha value is -1.61. The van der Waals surface area contributed by atoms with Crippen molar-refractivity contribution in [1.82, 2.24) is 4.57 Å². The van der Waals surface area contributed by atoms with Crippen molar-refractivity contribution in [3.8, 4) is 0 Å². The molecule has 2 aromatic rings. The molecule has 0 aliphatic rings. The molecule has 1 aromatic carbocycles. The Kier molecular flexibility index (Phi) is 2.83. The van der Waals surface area contributed by atoms with Crippen LogP contribution in [0.4, 0.5) is 0 Å². The number of rotatable bonds is 3. The molecular weight excluding hydrogens is 188 g/mol. The van der Waals surface area contributed by atoms with Crippen molar-refractivity contribution >= 4 is 0 Å². The molecule has 3 nitrogen and oxygen atoms in total. The van der Waals surface area contributed by atoms with E-state index in [1.54, 1.807) is 0 Å². The molecule has 1 atom stereocenters. The standard InChI is InChI=1S/C12H15N2O/c1-13-7-8-14(10-13)9-12(15)11-5-3-2-4-6-11/h2-8,10,12,15H,9H2,1H3/q+1. The molecule has 78 valence electrons. The highest BCUT2D eigenvalue weighted by atomic mass is 16.3. The van der Waals surface area contributed by atoms with Crippen LogP contribution >= 0.6 is 0 Å². The van der Waals surface area contributed by atoms with Crippen LogP contribution in [-0.4, -0.2) is 9.67 Å². The average molecular weight is 203 g/mol. The second kappa shape index (κ2) is 4.28. The van der Waals surface area contributed by atoms with Crippen molar-refractivity contribution in [1.29, 1.82) is 0 Å². The van der Waals surface area contributed by atoms with Crippen LogP contribution in [0, 0.1) is 0 Å². The summed E-state index contributed by atoms with van der Waals surface area (Å²) in [5.74, 6) is 0. The Labute approximate surface area is 89.2 Å². The maximum Gasteiger partial charge on any atom is 0.243 e. The summed E-state index contributed by atoms with van der Waals surface area (Å²) in [4.78, 5) is 0. The van der Waals surface area contributed by atoms with E-state index in [0.29, 0.717) is 6.54 Å². The topological polar surface area (TPSA) is 29.0 Å². The van der Waals surface area contributed by atoms with E-state index in [-0.39, 0.29) is 0 Å². The monoisotopic (exact) mass is 203 g/mol. The molecule has 0 radical (unpaired) electrons. The van der Waals surface area contributed by atoms with Crippen LogP contribution in [0.5, 0.6) is 0 Å². The summed E-state index contributed by atoms with van der Waals surface area (Å²) < 4.78 is 3.93. The summed E-state index contributed by atoms with van der Waals surface area (Å²) in [5, 5.41) is 9.95. The Bertz CT molecular complexity index is 422. The van der Waals surface area contributed by atoms with Gasteiger partial charge in [-0.3, -0.25) is 0 Å². The van der Waals surface area contributed by atoms with Gasteiger partial charge in [0.05, 0.1) is 7.05 Å². The zero-order valence-electron chi connectivity index (χ0n) is 8.74. The fraction of sp³-hybridized carbons (Fsp3) is 0.250. The number of imidazole rings is 1. The summed E-state index contributed by atoms with van der Waals surface area (Å²) >= 11 is 0. The van der Waals surface area contributed by atoms with E-state index < -0.39 is 6.10 Å². The number of aromatic nitrogens is 2. The fourth-order valence-electron chi connectivity index (χ4n) is 1.59. The summed E-state index contributed by atoms with van der Waals surface area (Å²) in [6, 6.07) is 9.70. The molecule has 0 spiro atoms. The van der Waals surface area contributed by atoms with E-state index in [2.05, 4.69) is 0 Å². The van der Waals surface area contributed by atoms with Crippen molar-refractivity contribution < 1.29 is 9.67 Å². The second-order valence-corrected chi connectivity index (χ2v) is 3.70. The minimum absolute atomic E-state index is 0.446. The Morgan fingerprint density at radius 3 is 2.67 bits per heavy atom. The van der Waals surface area contributed by atoms with Crippen molar-refractivity contribution in [3.63, 3.8) is 0 Å². The van der Waals surface area contributed by atoms with Gasteiger partial charge in [-0.1, -0.05) is 30.3 Å². The third kappa shape index (κ3) is 2.44. The minimum Gasteiger partial charge on any atom is -0.384 e. The van der Waals surface area contributed by atoms with Crippen LogP contribution < -0.4 is 4.57 Å². The Morgan fingerprint density at radius 1 is 1.33 bits per heavy atom. The van der Waals surface area contributed by atoms with Gasteiger partial charge < -0.3 is 5.11 Å². The lowest BCUT2D eigenvalue weighted by molar-refractivity contribution is -0.671. The largest absolute Gasteiger partial charge is 0.384 e. The first-order chi connectivity index (χ1) is 7.25. The molecule has 3 heteroatoms. The van der Waals surface area contributed by atoms with Crippen molar-refractivity contribution in [2.24, 2.45) is 7.05 Å². The lowest BCUT2D eigenvalue weighted by Gasteiger charge is -2.07. The van der Waals surface area contributed by atoms with Crippen molar-refractivity contribution in [2.45, 2.75) is 12.6 Å². The number of hydrogen-bond donors (Lipinski definition) is 1. The third-order valence-electron chi connectivity index (χ3n) is 2.39. The van der Waals surface area contributed by atoms with Gasteiger partial charge >= 0.3 is 0 Å². The molecule has 0 amide bonds. The number of hydrogen-bond acceptors (Lipinski definition) is 1. The predicted octanol–water partition coefficient (Wildman–Crippen LogP) is 1.05. The predicted molar refractivity (Wildman–Crippen MR) is 57.0 cm³/mol. The summed E-state index contributed by atoms with van der Waals surface area (Å²) in [5.41, 5.74) is 0.953. The van der Waals surface area contributed by atoms with Gasteiger partial charge in [0, 0.05) is 0 Å². The Balaban J connectivity index is 2.07. The molecule has 1 heterocycles. The maximum atomic E-state index is 9.95. The van der Waals surface area contributed by atoms with Crippen molar-refractivity contribution in [3.05, 3.63) is 54.6 Å². The molecule has 0 bridgehead atoms. The van der Waals surface area contributed by atoms with E-state index in [1.165, 1.54) is 0 Å².